The summed E-state index contributed by atoms with van der Waals surface area (Å²) >= 11 is 2.18. The van der Waals surface area contributed by atoms with Crippen molar-refractivity contribution >= 4 is 46.2 Å². The van der Waals surface area contributed by atoms with E-state index in [0.717, 1.165) is 3.57 Å². The van der Waals surface area contributed by atoms with Crippen LogP contribution in [0.4, 0.5) is 5.69 Å². The highest BCUT2D eigenvalue weighted by atomic mass is 127. The number of anilines is 1. The SMILES string of the molecule is Cn1ccnc1/C=C1/C(=O)NN(c2ccc(I)cc2)C1=O. The standard InChI is InChI=1S/C14H11IN4O2/c1-18-7-6-16-12(18)8-11-13(20)17-19(14(11)21)10-4-2-9(15)3-5-10/h2-8H,1H3,(H,17,20)/b11-8-. The number of hydrogen-bond acceptors (Lipinski definition) is 3. The van der Waals surface area contributed by atoms with E-state index in [2.05, 4.69) is 33.0 Å². The van der Waals surface area contributed by atoms with Crippen LogP contribution in [0.1, 0.15) is 5.82 Å². The molecular formula is C14H11IN4O2. The molecule has 2 aromatic rings. The van der Waals surface area contributed by atoms with Gasteiger partial charge in [-0.15, -0.1) is 0 Å². The van der Waals surface area contributed by atoms with Crippen molar-refractivity contribution in [3.63, 3.8) is 0 Å². The Kier molecular flexibility index (Phi) is 3.50. The quantitative estimate of drug-likeness (QED) is 0.477. The minimum atomic E-state index is -0.429. The summed E-state index contributed by atoms with van der Waals surface area (Å²) in [5.74, 6) is -0.260. The summed E-state index contributed by atoms with van der Waals surface area (Å²) in [6.07, 6.45) is 4.85. The van der Waals surface area contributed by atoms with Crippen LogP contribution in [0.3, 0.4) is 0 Å². The number of halogens is 1. The molecule has 1 aliphatic heterocycles. The number of benzene rings is 1. The first-order valence-electron chi connectivity index (χ1n) is 6.16. The van der Waals surface area contributed by atoms with E-state index in [9.17, 15) is 9.59 Å². The fourth-order valence-corrected chi connectivity index (χ4v) is 2.33. The molecule has 0 atom stereocenters. The molecule has 1 fully saturated rings. The van der Waals surface area contributed by atoms with E-state index in [-0.39, 0.29) is 11.5 Å². The Morgan fingerprint density at radius 3 is 2.57 bits per heavy atom. The predicted molar refractivity (Wildman–Crippen MR) is 86.0 cm³/mol. The van der Waals surface area contributed by atoms with Crippen LogP contribution < -0.4 is 10.4 Å². The lowest BCUT2D eigenvalue weighted by Gasteiger charge is -2.14. The zero-order valence-electron chi connectivity index (χ0n) is 11.1. The highest BCUT2D eigenvalue weighted by Gasteiger charge is 2.34. The van der Waals surface area contributed by atoms with Gasteiger partial charge < -0.3 is 4.57 Å². The van der Waals surface area contributed by atoms with Crippen molar-refractivity contribution in [2.24, 2.45) is 7.05 Å². The Morgan fingerprint density at radius 2 is 1.95 bits per heavy atom. The van der Waals surface area contributed by atoms with E-state index < -0.39 is 5.91 Å². The largest absolute Gasteiger partial charge is 0.335 e. The first-order valence-corrected chi connectivity index (χ1v) is 7.24. The van der Waals surface area contributed by atoms with E-state index in [4.69, 9.17) is 0 Å². The maximum Gasteiger partial charge on any atom is 0.282 e. The molecule has 7 heteroatoms. The Morgan fingerprint density at radius 1 is 1.24 bits per heavy atom. The Hall–Kier alpha value is -2.16. The van der Waals surface area contributed by atoms with Crippen molar-refractivity contribution < 1.29 is 9.59 Å². The van der Waals surface area contributed by atoms with Gasteiger partial charge in [-0.25, -0.2) is 9.99 Å². The Bertz CT molecular complexity index is 749. The summed E-state index contributed by atoms with van der Waals surface area (Å²) in [4.78, 5) is 28.5. The summed E-state index contributed by atoms with van der Waals surface area (Å²) in [5.41, 5.74) is 3.25. The molecule has 2 amide bonds. The molecule has 0 aliphatic carbocycles. The minimum absolute atomic E-state index is 0.0721. The summed E-state index contributed by atoms with van der Waals surface area (Å²) in [6, 6.07) is 7.30. The molecule has 1 saturated heterocycles. The van der Waals surface area contributed by atoms with Gasteiger partial charge in [0.25, 0.3) is 11.8 Å². The minimum Gasteiger partial charge on any atom is -0.335 e. The lowest BCUT2D eigenvalue weighted by Crippen LogP contribution is -2.35. The highest BCUT2D eigenvalue weighted by molar-refractivity contribution is 14.1. The number of carbonyl (C=O) groups is 2. The third-order valence-electron chi connectivity index (χ3n) is 3.11. The molecule has 0 saturated carbocycles. The average molecular weight is 394 g/mol. The van der Waals surface area contributed by atoms with Crippen molar-refractivity contribution in [3.05, 3.63) is 51.6 Å². The first-order chi connectivity index (χ1) is 10.1. The fourth-order valence-electron chi connectivity index (χ4n) is 1.97. The lowest BCUT2D eigenvalue weighted by atomic mass is 10.2. The highest BCUT2D eigenvalue weighted by Crippen LogP contribution is 2.21. The van der Waals surface area contributed by atoms with E-state index in [1.807, 2.05) is 12.1 Å². The maximum absolute atomic E-state index is 12.4. The molecule has 0 radical (unpaired) electrons. The van der Waals surface area contributed by atoms with Gasteiger partial charge in [0.1, 0.15) is 11.4 Å². The van der Waals surface area contributed by atoms with Gasteiger partial charge >= 0.3 is 0 Å². The Labute approximate surface area is 134 Å². The molecule has 106 valence electrons. The summed E-state index contributed by atoms with van der Waals surface area (Å²) in [5, 5.41) is 1.24. The number of nitrogens with zero attached hydrogens (tertiary/aromatic N) is 3. The van der Waals surface area contributed by atoms with E-state index >= 15 is 0 Å². The molecule has 2 heterocycles. The van der Waals surface area contributed by atoms with E-state index in [1.165, 1.54) is 11.1 Å². The van der Waals surface area contributed by atoms with Crippen LogP contribution >= 0.6 is 22.6 Å². The summed E-state index contributed by atoms with van der Waals surface area (Å²) in [7, 11) is 1.80. The normalized spacial score (nSPS) is 16.7. The number of amides is 2. The third-order valence-corrected chi connectivity index (χ3v) is 3.83. The maximum atomic E-state index is 12.4. The number of rotatable bonds is 2. The Balaban J connectivity index is 1.94. The van der Waals surface area contributed by atoms with Crippen molar-refractivity contribution in [2.75, 3.05) is 5.01 Å². The number of aryl methyl sites for hydroxylation is 1. The van der Waals surface area contributed by atoms with Crippen LogP contribution in [-0.4, -0.2) is 21.4 Å². The lowest BCUT2D eigenvalue weighted by molar-refractivity contribution is -0.117. The van der Waals surface area contributed by atoms with Gasteiger partial charge in [0.15, 0.2) is 0 Å². The van der Waals surface area contributed by atoms with Crippen molar-refractivity contribution in [3.8, 4) is 0 Å². The molecule has 1 aromatic carbocycles. The van der Waals surface area contributed by atoms with Gasteiger partial charge in [-0.1, -0.05) is 0 Å². The molecule has 21 heavy (non-hydrogen) atoms. The molecule has 3 rings (SSSR count). The molecule has 1 N–H and O–H groups in total. The van der Waals surface area contributed by atoms with Crippen molar-refractivity contribution in [1.29, 1.82) is 0 Å². The molecule has 0 spiro atoms. The first kappa shape index (κ1) is 13.8. The number of nitrogens with one attached hydrogen (secondary N) is 1. The molecule has 0 bridgehead atoms. The summed E-state index contributed by atoms with van der Waals surface area (Å²) in [6.45, 7) is 0. The predicted octanol–water partition coefficient (Wildman–Crippen LogP) is 1.49. The van der Waals surface area contributed by atoms with Crippen LogP contribution in [-0.2, 0) is 16.6 Å². The second-order valence-electron chi connectivity index (χ2n) is 4.51. The topological polar surface area (TPSA) is 67.2 Å². The fraction of sp³-hybridized carbons (Fsp3) is 0.0714. The molecule has 6 nitrogen and oxygen atoms in total. The smallest absolute Gasteiger partial charge is 0.282 e. The van der Waals surface area contributed by atoms with Gasteiger partial charge in [-0.05, 0) is 52.9 Å². The van der Waals surface area contributed by atoms with Crippen molar-refractivity contribution in [2.45, 2.75) is 0 Å². The van der Waals surface area contributed by atoms with E-state index in [1.54, 1.807) is 36.1 Å². The number of imidazole rings is 1. The monoisotopic (exact) mass is 394 g/mol. The van der Waals surface area contributed by atoms with Gasteiger partial charge in [0.2, 0.25) is 0 Å². The third kappa shape index (κ3) is 2.56. The number of carbonyl (C=O) groups excluding carboxylic acids is 2. The average Bonchev–Trinajstić information content (AvgIpc) is 2.98. The van der Waals surface area contributed by atoms with Gasteiger partial charge in [0, 0.05) is 23.0 Å². The molecule has 0 unspecified atom stereocenters. The molecule has 1 aliphatic rings. The number of hydrogen-bond donors (Lipinski definition) is 1. The van der Waals surface area contributed by atoms with Crippen LogP contribution in [0.15, 0.2) is 42.2 Å². The molecule has 1 aromatic heterocycles. The summed E-state index contributed by atoms with van der Waals surface area (Å²) < 4.78 is 2.79. The zero-order chi connectivity index (χ0) is 15.0. The van der Waals surface area contributed by atoms with E-state index in [0.29, 0.717) is 11.5 Å². The second-order valence-corrected chi connectivity index (χ2v) is 5.76. The number of aromatic nitrogens is 2. The van der Waals surface area contributed by atoms with Gasteiger partial charge in [-0.2, -0.15) is 0 Å². The van der Waals surface area contributed by atoms with Crippen LogP contribution in [0.2, 0.25) is 0 Å². The van der Waals surface area contributed by atoms with Crippen LogP contribution in [0.5, 0.6) is 0 Å². The van der Waals surface area contributed by atoms with Gasteiger partial charge in [-0.3, -0.25) is 15.0 Å². The number of hydrazine groups is 1. The van der Waals surface area contributed by atoms with Gasteiger partial charge in [0.05, 0.1) is 5.69 Å². The second kappa shape index (κ2) is 5.32. The van der Waals surface area contributed by atoms with Crippen LogP contribution in [0.25, 0.3) is 6.08 Å². The zero-order valence-corrected chi connectivity index (χ0v) is 13.2. The van der Waals surface area contributed by atoms with Crippen molar-refractivity contribution in [1.82, 2.24) is 15.0 Å². The van der Waals surface area contributed by atoms with Crippen LogP contribution in [0, 0.1) is 3.57 Å². The molecular weight excluding hydrogens is 383 g/mol.